The lowest BCUT2D eigenvalue weighted by molar-refractivity contribution is -0.132. The van der Waals surface area contributed by atoms with Crippen molar-refractivity contribution < 1.29 is 14.4 Å². The second-order valence-electron chi connectivity index (χ2n) is 9.71. The smallest absolute Gasteiger partial charge is 0.316 e. The van der Waals surface area contributed by atoms with Crippen LogP contribution in [0.3, 0.4) is 0 Å². The molecule has 0 radical (unpaired) electrons. The van der Waals surface area contributed by atoms with Crippen molar-refractivity contribution in [2.45, 2.75) is 57.7 Å². The van der Waals surface area contributed by atoms with Crippen LogP contribution in [-0.2, 0) is 22.4 Å². The Labute approximate surface area is 205 Å². The van der Waals surface area contributed by atoms with E-state index < -0.39 is 29.4 Å². The van der Waals surface area contributed by atoms with Crippen molar-refractivity contribution in [1.82, 2.24) is 20.9 Å². The third kappa shape index (κ3) is 5.01. The van der Waals surface area contributed by atoms with Crippen LogP contribution >= 0.6 is 0 Å². The number of aromatic nitrogens is 1. The first-order chi connectivity index (χ1) is 16.7. The lowest BCUT2D eigenvalue weighted by Gasteiger charge is -2.38. The van der Waals surface area contributed by atoms with E-state index >= 15 is 0 Å². The molecule has 4 rings (SSSR count). The second kappa shape index (κ2) is 9.82. The molecule has 1 aliphatic rings. The topological polar surface area (TPSA) is 129 Å². The predicted octanol–water partition coefficient (Wildman–Crippen LogP) is 3.08. The van der Waals surface area contributed by atoms with Gasteiger partial charge in [0.15, 0.2) is 0 Å². The van der Waals surface area contributed by atoms with Gasteiger partial charge in [-0.3, -0.25) is 9.59 Å². The van der Waals surface area contributed by atoms with E-state index in [-0.39, 0.29) is 12.0 Å². The number of amides is 4. The average molecular weight is 476 g/mol. The fourth-order valence-corrected chi connectivity index (χ4v) is 4.88. The highest BCUT2D eigenvalue weighted by atomic mass is 16.2. The van der Waals surface area contributed by atoms with E-state index in [0.717, 1.165) is 27.7 Å². The van der Waals surface area contributed by atoms with Crippen LogP contribution in [0, 0.1) is 5.92 Å². The Morgan fingerprint density at radius 3 is 2.34 bits per heavy atom. The fourth-order valence-electron chi connectivity index (χ4n) is 4.88. The molecule has 1 aromatic heterocycles. The minimum absolute atomic E-state index is 0.187. The van der Waals surface area contributed by atoms with Crippen molar-refractivity contribution in [3.8, 4) is 0 Å². The maximum Gasteiger partial charge on any atom is 0.316 e. The van der Waals surface area contributed by atoms with E-state index in [4.69, 9.17) is 5.73 Å². The maximum absolute atomic E-state index is 13.7. The van der Waals surface area contributed by atoms with E-state index in [2.05, 4.69) is 20.9 Å². The van der Waals surface area contributed by atoms with Gasteiger partial charge in [-0.25, -0.2) is 4.79 Å². The van der Waals surface area contributed by atoms with Crippen LogP contribution in [0.1, 0.15) is 50.1 Å². The molecule has 8 heteroatoms. The SMILES string of the molecule is CC(C)[C@H](NC(=O)[C@@]1(NC(=O)N[C@H](C)c2ccccc2)CCc2[nH]c3ccccc3c2C1)C(N)=O. The first-order valence-corrected chi connectivity index (χ1v) is 12.0. The van der Waals surface area contributed by atoms with E-state index in [0.29, 0.717) is 19.3 Å². The first-order valence-electron chi connectivity index (χ1n) is 12.0. The van der Waals surface area contributed by atoms with Crippen molar-refractivity contribution in [3.05, 3.63) is 71.4 Å². The standard InChI is InChI=1S/C27H33N5O3/c1-16(2)23(24(28)33)31-25(34)27(32-26(35)29-17(3)18-9-5-4-6-10-18)14-13-22-20(15-27)19-11-7-8-12-21(19)30-22/h4-12,16-17,23,30H,13-15H2,1-3H3,(H2,28,33)(H,31,34)(H2,29,32,35)/t17-,23+,27-/m1/s1. The molecule has 0 saturated heterocycles. The zero-order valence-corrected chi connectivity index (χ0v) is 20.4. The van der Waals surface area contributed by atoms with Crippen molar-refractivity contribution >= 4 is 28.7 Å². The summed E-state index contributed by atoms with van der Waals surface area (Å²) in [5.41, 5.74) is 8.34. The number of primary amides is 1. The minimum atomic E-state index is -1.24. The number of hydrogen-bond donors (Lipinski definition) is 5. The van der Waals surface area contributed by atoms with Crippen LogP contribution < -0.4 is 21.7 Å². The molecule has 6 N–H and O–H groups in total. The van der Waals surface area contributed by atoms with Gasteiger partial charge in [-0.1, -0.05) is 62.4 Å². The summed E-state index contributed by atoms with van der Waals surface area (Å²) in [7, 11) is 0. The molecule has 3 atom stereocenters. The molecular formula is C27H33N5O3. The van der Waals surface area contributed by atoms with Gasteiger partial charge in [0.1, 0.15) is 11.6 Å². The van der Waals surface area contributed by atoms with Gasteiger partial charge in [0, 0.05) is 23.0 Å². The number of carbonyl (C=O) groups excluding carboxylic acids is 3. The first kappa shape index (κ1) is 24.3. The highest BCUT2D eigenvalue weighted by Gasteiger charge is 2.45. The summed E-state index contributed by atoms with van der Waals surface area (Å²) < 4.78 is 0. The molecule has 3 aromatic rings. The summed E-state index contributed by atoms with van der Waals surface area (Å²) in [4.78, 5) is 42.4. The number of H-pyrrole nitrogens is 1. The van der Waals surface area contributed by atoms with Gasteiger partial charge < -0.3 is 26.7 Å². The molecule has 184 valence electrons. The van der Waals surface area contributed by atoms with Gasteiger partial charge in [-0.15, -0.1) is 0 Å². The van der Waals surface area contributed by atoms with Crippen molar-refractivity contribution in [3.63, 3.8) is 0 Å². The van der Waals surface area contributed by atoms with Gasteiger partial charge >= 0.3 is 6.03 Å². The van der Waals surface area contributed by atoms with Crippen molar-refractivity contribution in [1.29, 1.82) is 0 Å². The van der Waals surface area contributed by atoms with E-state index in [1.807, 2.05) is 75.4 Å². The predicted molar refractivity (Wildman–Crippen MR) is 136 cm³/mol. The summed E-state index contributed by atoms with van der Waals surface area (Å²) in [5.74, 6) is -1.20. The number of nitrogens with one attached hydrogen (secondary N) is 4. The number of rotatable bonds is 7. The van der Waals surface area contributed by atoms with Crippen LogP contribution in [0.4, 0.5) is 4.79 Å². The van der Waals surface area contributed by atoms with Crippen LogP contribution in [0.25, 0.3) is 10.9 Å². The summed E-state index contributed by atoms with van der Waals surface area (Å²) >= 11 is 0. The van der Waals surface area contributed by atoms with Gasteiger partial charge in [0.2, 0.25) is 11.8 Å². The molecule has 35 heavy (non-hydrogen) atoms. The van der Waals surface area contributed by atoms with Crippen LogP contribution in [-0.4, -0.2) is 34.4 Å². The fraction of sp³-hybridized carbons (Fsp3) is 0.370. The Balaban J connectivity index is 1.64. The van der Waals surface area contributed by atoms with Gasteiger partial charge in [-0.05, 0) is 42.9 Å². The molecule has 0 saturated carbocycles. The van der Waals surface area contributed by atoms with E-state index in [9.17, 15) is 14.4 Å². The largest absolute Gasteiger partial charge is 0.368 e. The normalized spacial score (nSPS) is 19.0. The monoisotopic (exact) mass is 475 g/mol. The highest BCUT2D eigenvalue weighted by molar-refractivity contribution is 5.96. The molecule has 0 aliphatic heterocycles. The van der Waals surface area contributed by atoms with Gasteiger partial charge in [-0.2, -0.15) is 0 Å². The zero-order valence-electron chi connectivity index (χ0n) is 20.4. The third-order valence-corrected chi connectivity index (χ3v) is 6.88. The summed E-state index contributed by atoms with van der Waals surface area (Å²) in [6, 6.07) is 16.0. The number of aryl methyl sites for hydroxylation is 1. The lowest BCUT2D eigenvalue weighted by atomic mass is 9.78. The minimum Gasteiger partial charge on any atom is -0.368 e. The van der Waals surface area contributed by atoms with Gasteiger partial charge in [0.25, 0.3) is 0 Å². The Hall–Kier alpha value is -3.81. The number of aromatic amines is 1. The number of fused-ring (bicyclic) bond motifs is 3. The van der Waals surface area contributed by atoms with Crippen LogP contribution in [0.5, 0.6) is 0 Å². The quantitative estimate of drug-likeness (QED) is 0.360. The molecule has 2 aromatic carbocycles. The Kier molecular flexibility index (Phi) is 6.82. The maximum atomic E-state index is 13.7. The molecule has 0 spiro atoms. The number of para-hydroxylation sites is 1. The van der Waals surface area contributed by atoms with E-state index in [1.54, 1.807) is 0 Å². The molecule has 4 amide bonds. The Bertz CT molecular complexity index is 1240. The molecule has 0 unspecified atom stereocenters. The molecule has 0 fully saturated rings. The summed E-state index contributed by atoms with van der Waals surface area (Å²) in [5, 5.41) is 9.78. The molecule has 1 aliphatic carbocycles. The lowest BCUT2D eigenvalue weighted by Crippen LogP contribution is -2.65. The van der Waals surface area contributed by atoms with Crippen molar-refractivity contribution in [2.24, 2.45) is 11.7 Å². The molecule has 8 nitrogen and oxygen atoms in total. The zero-order chi connectivity index (χ0) is 25.2. The van der Waals surface area contributed by atoms with Crippen LogP contribution in [0.2, 0.25) is 0 Å². The summed E-state index contributed by atoms with van der Waals surface area (Å²) in [6.07, 6.45) is 1.26. The molecule has 0 bridgehead atoms. The molecular weight excluding hydrogens is 442 g/mol. The highest BCUT2D eigenvalue weighted by Crippen LogP contribution is 2.34. The Morgan fingerprint density at radius 2 is 1.66 bits per heavy atom. The number of hydrogen-bond acceptors (Lipinski definition) is 3. The number of urea groups is 1. The van der Waals surface area contributed by atoms with Gasteiger partial charge in [0.05, 0.1) is 6.04 Å². The second-order valence-corrected chi connectivity index (χ2v) is 9.71. The third-order valence-electron chi connectivity index (χ3n) is 6.88. The van der Waals surface area contributed by atoms with Crippen LogP contribution in [0.15, 0.2) is 54.6 Å². The number of benzene rings is 2. The number of carbonyl (C=O) groups is 3. The Morgan fingerprint density at radius 1 is 0.971 bits per heavy atom. The number of nitrogens with two attached hydrogens (primary N) is 1. The summed E-state index contributed by atoms with van der Waals surface area (Å²) in [6.45, 7) is 5.54. The van der Waals surface area contributed by atoms with E-state index in [1.165, 1.54) is 0 Å². The van der Waals surface area contributed by atoms with Crippen molar-refractivity contribution in [2.75, 3.05) is 0 Å². The molecule has 1 heterocycles. The average Bonchev–Trinajstić information content (AvgIpc) is 3.20.